The number of rotatable bonds is 3. The maximum Gasteiger partial charge on any atom is 0.163 e. The average molecular weight is 261 g/mol. The zero-order valence-electron chi connectivity index (χ0n) is 11.3. The molecule has 1 nitrogen and oxygen atoms in total. The molecule has 2 rings (SSSR count). The van der Waals surface area contributed by atoms with Crippen molar-refractivity contribution in [1.29, 1.82) is 0 Å². The number of hydrogen-bond acceptors (Lipinski definition) is 1. The van der Waals surface area contributed by atoms with Crippen LogP contribution in [-0.4, -0.2) is 7.05 Å². The van der Waals surface area contributed by atoms with Gasteiger partial charge in [-0.3, -0.25) is 0 Å². The molecule has 0 aliphatic carbocycles. The molecular weight excluding hydrogens is 244 g/mol. The van der Waals surface area contributed by atoms with Gasteiger partial charge in [-0.25, -0.2) is 8.78 Å². The van der Waals surface area contributed by atoms with Crippen molar-refractivity contribution in [2.45, 2.75) is 19.9 Å². The molecule has 3 heteroatoms. The first kappa shape index (κ1) is 13.7. The summed E-state index contributed by atoms with van der Waals surface area (Å²) in [7, 11) is 1.75. The minimum absolute atomic E-state index is 0.333. The number of aryl methyl sites for hydroxylation is 2. The first-order valence-electron chi connectivity index (χ1n) is 6.23. The maximum atomic E-state index is 14.0. The van der Waals surface area contributed by atoms with Crippen LogP contribution in [0.5, 0.6) is 0 Å². The second-order valence-corrected chi connectivity index (χ2v) is 4.67. The third kappa shape index (κ3) is 2.51. The summed E-state index contributed by atoms with van der Waals surface area (Å²) in [6.45, 7) is 3.95. The van der Waals surface area contributed by atoms with Gasteiger partial charge in [-0.05, 0) is 43.7 Å². The molecule has 0 aliphatic heterocycles. The third-order valence-electron chi connectivity index (χ3n) is 3.41. The molecule has 0 saturated carbocycles. The van der Waals surface area contributed by atoms with Crippen LogP contribution in [-0.2, 0) is 0 Å². The van der Waals surface area contributed by atoms with E-state index in [1.807, 2.05) is 32.0 Å². The van der Waals surface area contributed by atoms with Crippen LogP contribution < -0.4 is 5.32 Å². The van der Waals surface area contributed by atoms with E-state index in [0.717, 1.165) is 22.8 Å². The number of nitrogens with one attached hydrogen (secondary N) is 1. The summed E-state index contributed by atoms with van der Waals surface area (Å²) >= 11 is 0. The van der Waals surface area contributed by atoms with E-state index in [0.29, 0.717) is 5.56 Å². The zero-order chi connectivity index (χ0) is 14.0. The Bertz CT molecular complexity index is 573. The maximum absolute atomic E-state index is 14.0. The van der Waals surface area contributed by atoms with Gasteiger partial charge in [0.15, 0.2) is 11.6 Å². The lowest BCUT2D eigenvalue weighted by molar-refractivity contribution is 0.486. The Hall–Kier alpha value is -1.74. The fourth-order valence-electron chi connectivity index (χ4n) is 2.48. The van der Waals surface area contributed by atoms with E-state index in [-0.39, 0.29) is 6.04 Å². The van der Waals surface area contributed by atoms with Crippen molar-refractivity contribution in [2.24, 2.45) is 0 Å². The third-order valence-corrected chi connectivity index (χ3v) is 3.41. The second-order valence-electron chi connectivity index (χ2n) is 4.67. The molecule has 2 aromatic carbocycles. The quantitative estimate of drug-likeness (QED) is 0.883. The van der Waals surface area contributed by atoms with Gasteiger partial charge in [0.1, 0.15) is 0 Å². The van der Waals surface area contributed by atoms with E-state index >= 15 is 0 Å². The Balaban J connectivity index is 2.60. The summed E-state index contributed by atoms with van der Waals surface area (Å²) in [5.41, 5.74) is 3.44. The lowest BCUT2D eigenvalue weighted by Crippen LogP contribution is -2.21. The van der Waals surface area contributed by atoms with Gasteiger partial charge in [-0.1, -0.05) is 30.3 Å². The molecule has 100 valence electrons. The standard InChI is InChI=1S/C16H17F2N/c1-10-6-4-7-11(2)14(10)16(19-3)12-8-5-9-13(17)15(12)18/h4-9,16,19H,1-3H3. The van der Waals surface area contributed by atoms with E-state index in [4.69, 9.17) is 0 Å². The van der Waals surface area contributed by atoms with Gasteiger partial charge in [0.05, 0.1) is 6.04 Å². The summed E-state index contributed by atoms with van der Waals surface area (Å²) in [5, 5.41) is 3.08. The van der Waals surface area contributed by atoms with Crippen LogP contribution in [0.25, 0.3) is 0 Å². The Morgan fingerprint density at radius 1 is 0.947 bits per heavy atom. The Morgan fingerprint density at radius 3 is 2.11 bits per heavy atom. The van der Waals surface area contributed by atoms with E-state index in [1.54, 1.807) is 13.1 Å². The second kappa shape index (κ2) is 5.49. The van der Waals surface area contributed by atoms with Crippen molar-refractivity contribution in [3.05, 3.63) is 70.3 Å². The molecule has 0 heterocycles. The molecule has 0 bridgehead atoms. The van der Waals surface area contributed by atoms with Gasteiger partial charge in [0.25, 0.3) is 0 Å². The van der Waals surface area contributed by atoms with Crippen molar-refractivity contribution in [3.63, 3.8) is 0 Å². The molecule has 0 aromatic heterocycles. The fourth-order valence-corrected chi connectivity index (χ4v) is 2.48. The minimum Gasteiger partial charge on any atom is -0.309 e. The average Bonchev–Trinajstić information content (AvgIpc) is 2.38. The van der Waals surface area contributed by atoms with Crippen molar-refractivity contribution in [1.82, 2.24) is 5.32 Å². The molecule has 2 aromatic rings. The van der Waals surface area contributed by atoms with E-state index in [2.05, 4.69) is 5.32 Å². The number of benzene rings is 2. The molecule has 1 N–H and O–H groups in total. The van der Waals surface area contributed by atoms with Gasteiger partial charge in [0.2, 0.25) is 0 Å². The van der Waals surface area contributed by atoms with E-state index in [9.17, 15) is 8.78 Å². The predicted molar refractivity (Wildman–Crippen MR) is 73.2 cm³/mol. The van der Waals surface area contributed by atoms with Gasteiger partial charge >= 0.3 is 0 Å². The van der Waals surface area contributed by atoms with Crippen LogP contribution in [0.15, 0.2) is 36.4 Å². The monoisotopic (exact) mass is 261 g/mol. The van der Waals surface area contributed by atoms with Crippen LogP contribution in [0.3, 0.4) is 0 Å². The number of hydrogen-bond donors (Lipinski definition) is 1. The Labute approximate surface area is 112 Å². The van der Waals surface area contributed by atoms with Crippen LogP contribution >= 0.6 is 0 Å². The summed E-state index contributed by atoms with van der Waals surface area (Å²) in [6, 6.07) is 9.85. The lowest BCUT2D eigenvalue weighted by atomic mass is 9.91. The fraction of sp³-hybridized carbons (Fsp3) is 0.250. The molecule has 0 fully saturated rings. The summed E-state index contributed by atoms with van der Waals surface area (Å²) in [4.78, 5) is 0. The molecule has 1 unspecified atom stereocenters. The lowest BCUT2D eigenvalue weighted by Gasteiger charge is -2.22. The Kier molecular flexibility index (Phi) is 3.96. The highest BCUT2D eigenvalue weighted by Crippen LogP contribution is 2.29. The SMILES string of the molecule is CNC(c1cccc(F)c1F)c1c(C)cccc1C. The normalized spacial score (nSPS) is 12.5. The van der Waals surface area contributed by atoms with Crippen molar-refractivity contribution < 1.29 is 8.78 Å². The molecule has 1 atom stereocenters. The molecular formula is C16H17F2N. The zero-order valence-corrected chi connectivity index (χ0v) is 11.3. The highest BCUT2D eigenvalue weighted by molar-refractivity contribution is 5.42. The summed E-state index contributed by atoms with van der Waals surface area (Å²) in [6.07, 6.45) is 0. The highest BCUT2D eigenvalue weighted by Gasteiger charge is 2.21. The topological polar surface area (TPSA) is 12.0 Å². The predicted octanol–water partition coefficient (Wildman–Crippen LogP) is 3.89. The van der Waals surface area contributed by atoms with Crippen LogP contribution in [0.4, 0.5) is 8.78 Å². The van der Waals surface area contributed by atoms with Gasteiger partial charge in [-0.2, -0.15) is 0 Å². The van der Waals surface area contributed by atoms with Crippen molar-refractivity contribution in [3.8, 4) is 0 Å². The molecule has 0 aliphatic rings. The van der Waals surface area contributed by atoms with Crippen molar-refractivity contribution in [2.75, 3.05) is 7.05 Å². The van der Waals surface area contributed by atoms with Gasteiger partial charge < -0.3 is 5.32 Å². The van der Waals surface area contributed by atoms with Crippen molar-refractivity contribution >= 4 is 0 Å². The molecule has 0 amide bonds. The van der Waals surface area contributed by atoms with E-state index in [1.165, 1.54) is 6.07 Å². The Morgan fingerprint density at radius 2 is 1.53 bits per heavy atom. The smallest absolute Gasteiger partial charge is 0.163 e. The summed E-state index contributed by atoms with van der Waals surface area (Å²) in [5.74, 6) is -1.60. The van der Waals surface area contributed by atoms with Gasteiger partial charge in [0, 0.05) is 5.56 Å². The van der Waals surface area contributed by atoms with Crippen LogP contribution in [0, 0.1) is 25.5 Å². The van der Waals surface area contributed by atoms with Crippen LogP contribution in [0.1, 0.15) is 28.3 Å². The first-order chi connectivity index (χ1) is 9.06. The minimum atomic E-state index is -0.816. The highest BCUT2D eigenvalue weighted by atomic mass is 19.2. The largest absolute Gasteiger partial charge is 0.309 e. The molecule has 0 radical (unpaired) electrons. The first-order valence-corrected chi connectivity index (χ1v) is 6.23. The van der Waals surface area contributed by atoms with Crippen LogP contribution in [0.2, 0.25) is 0 Å². The summed E-state index contributed by atoms with van der Waals surface area (Å²) < 4.78 is 27.4. The molecule has 0 spiro atoms. The van der Waals surface area contributed by atoms with E-state index < -0.39 is 11.6 Å². The molecule has 0 saturated heterocycles. The van der Waals surface area contributed by atoms with Gasteiger partial charge in [-0.15, -0.1) is 0 Å². The molecule has 19 heavy (non-hydrogen) atoms. The number of halogens is 2.